The lowest BCUT2D eigenvalue weighted by Crippen LogP contribution is -2.57. The molecule has 2 rings (SSSR count). The first-order valence-electron chi connectivity index (χ1n) is 15.1. The van der Waals surface area contributed by atoms with Gasteiger partial charge in [-0.3, -0.25) is 19.8 Å². The molecule has 244 valence electrons. The lowest BCUT2D eigenvalue weighted by atomic mass is 10.0. The van der Waals surface area contributed by atoms with Crippen LogP contribution in [-0.4, -0.2) is 91.0 Å². The smallest absolute Gasteiger partial charge is 0.329 e. The van der Waals surface area contributed by atoms with Crippen LogP contribution >= 0.6 is 0 Å². The maximum atomic E-state index is 14.4. The minimum absolute atomic E-state index is 0.164. The summed E-state index contributed by atoms with van der Waals surface area (Å²) in [6, 6.07) is 11.4. The number of amides is 4. The number of esters is 1. The summed E-state index contributed by atoms with van der Waals surface area (Å²) in [5.41, 5.74) is 2.60. The van der Waals surface area contributed by atoms with Crippen molar-refractivity contribution in [3.05, 3.63) is 48.0 Å². The third-order valence-corrected chi connectivity index (χ3v) is 6.49. The number of hydrazine groups is 1. The maximum Gasteiger partial charge on any atom is 0.329 e. The summed E-state index contributed by atoms with van der Waals surface area (Å²) in [7, 11) is 1.52. The number of fused-ring (bicyclic) bond motifs is 1. The Labute approximate surface area is 260 Å². The lowest BCUT2D eigenvalue weighted by molar-refractivity contribution is -0.180. The van der Waals surface area contributed by atoms with Crippen LogP contribution in [0.3, 0.4) is 0 Å². The van der Waals surface area contributed by atoms with Crippen molar-refractivity contribution in [3.8, 4) is 0 Å². The molecule has 0 aromatic heterocycles. The van der Waals surface area contributed by atoms with Crippen LogP contribution in [0.5, 0.6) is 0 Å². The van der Waals surface area contributed by atoms with E-state index in [1.165, 1.54) is 12.1 Å². The van der Waals surface area contributed by atoms with E-state index < -0.39 is 54.2 Å². The molecule has 44 heavy (non-hydrogen) atoms. The average Bonchev–Trinajstić information content (AvgIpc) is 2.93. The summed E-state index contributed by atoms with van der Waals surface area (Å²) in [5, 5.41) is 8.55. The molecule has 0 aliphatic rings. The number of rotatable bonds is 16. The van der Waals surface area contributed by atoms with Crippen molar-refractivity contribution in [2.24, 2.45) is 0 Å². The van der Waals surface area contributed by atoms with Crippen LogP contribution in [0.1, 0.15) is 60.5 Å². The SMILES string of the molecule is CCNC(=O)NN(C)CC(=O)N[C@@H](CC(=O)OC(C)(C)C)C(=O)N(Cc1cccc2ccccc12)[C@@H](C)C(OCC)OCC. The van der Waals surface area contributed by atoms with E-state index in [9.17, 15) is 19.2 Å². The molecule has 0 saturated carbocycles. The van der Waals surface area contributed by atoms with Gasteiger partial charge in [-0.05, 0) is 64.8 Å². The number of urea groups is 1. The number of hydrogen-bond donors (Lipinski definition) is 3. The summed E-state index contributed by atoms with van der Waals surface area (Å²) >= 11 is 0. The molecule has 2 atom stereocenters. The first-order chi connectivity index (χ1) is 20.8. The van der Waals surface area contributed by atoms with Gasteiger partial charge in [0.2, 0.25) is 11.8 Å². The van der Waals surface area contributed by atoms with E-state index in [1.807, 2.05) is 63.2 Å². The second-order valence-corrected chi connectivity index (χ2v) is 11.4. The number of benzene rings is 2. The zero-order chi connectivity index (χ0) is 32.9. The van der Waals surface area contributed by atoms with Gasteiger partial charge in [0.05, 0.1) is 19.0 Å². The normalized spacial score (nSPS) is 13.0. The predicted octanol–water partition coefficient (Wildman–Crippen LogP) is 3.34. The summed E-state index contributed by atoms with van der Waals surface area (Å²) in [6.45, 7) is 13.5. The molecule has 12 heteroatoms. The van der Waals surface area contributed by atoms with Crippen molar-refractivity contribution < 1.29 is 33.4 Å². The molecule has 2 aromatic carbocycles. The number of nitrogens with zero attached hydrogens (tertiary/aromatic N) is 2. The fourth-order valence-corrected chi connectivity index (χ4v) is 4.66. The van der Waals surface area contributed by atoms with Crippen LogP contribution in [0.15, 0.2) is 42.5 Å². The molecule has 0 radical (unpaired) electrons. The van der Waals surface area contributed by atoms with E-state index in [-0.39, 0.29) is 13.1 Å². The van der Waals surface area contributed by atoms with E-state index in [4.69, 9.17) is 14.2 Å². The van der Waals surface area contributed by atoms with Crippen LogP contribution in [0.2, 0.25) is 0 Å². The standard InChI is InChI=1S/C32H49N5O7/c1-9-33-31(41)35-36(8)21-27(38)34-26(19-28(39)44-32(5,6)7)29(40)37(22(4)30(42-10-2)43-11-3)20-24-17-14-16-23-15-12-13-18-25(23)24/h12-18,22,26,30H,9-11,19-21H2,1-8H3,(H,34,38)(H2,33,35,41)/t22-,26-/m0/s1. The van der Waals surface area contributed by atoms with E-state index in [1.54, 1.807) is 32.6 Å². The molecule has 0 saturated heterocycles. The zero-order valence-corrected chi connectivity index (χ0v) is 27.3. The largest absolute Gasteiger partial charge is 0.460 e. The van der Waals surface area contributed by atoms with Crippen molar-refractivity contribution in [2.75, 3.05) is 33.4 Å². The van der Waals surface area contributed by atoms with Gasteiger partial charge in [-0.1, -0.05) is 42.5 Å². The molecule has 0 spiro atoms. The number of ether oxygens (including phenoxy) is 3. The average molecular weight is 616 g/mol. The van der Waals surface area contributed by atoms with Gasteiger partial charge < -0.3 is 29.7 Å². The van der Waals surface area contributed by atoms with Crippen molar-refractivity contribution >= 4 is 34.6 Å². The van der Waals surface area contributed by atoms with Gasteiger partial charge in [-0.25, -0.2) is 9.80 Å². The van der Waals surface area contributed by atoms with Gasteiger partial charge in [0.1, 0.15) is 11.6 Å². The first kappa shape index (κ1) is 36.5. The van der Waals surface area contributed by atoms with E-state index in [0.29, 0.717) is 19.8 Å². The zero-order valence-electron chi connectivity index (χ0n) is 27.3. The summed E-state index contributed by atoms with van der Waals surface area (Å²) in [6.07, 6.45) is -1.16. The molecule has 2 aromatic rings. The lowest BCUT2D eigenvalue weighted by Gasteiger charge is -2.37. The molecule has 12 nitrogen and oxygen atoms in total. The molecule has 0 heterocycles. The van der Waals surface area contributed by atoms with Crippen LogP contribution in [-0.2, 0) is 35.1 Å². The van der Waals surface area contributed by atoms with Gasteiger partial charge in [-0.2, -0.15) is 0 Å². The highest BCUT2D eigenvalue weighted by Crippen LogP contribution is 2.23. The second kappa shape index (κ2) is 17.5. The van der Waals surface area contributed by atoms with Gasteiger partial charge in [-0.15, -0.1) is 0 Å². The Morgan fingerprint density at radius 2 is 1.57 bits per heavy atom. The Kier molecular flexibility index (Phi) is 14.5. The molecule has 0 bridgehead atoms. The molecular formula is C32H49N5O7. The van der Waals surface area contributed by atoms with Crippen molar-refractivity contribution in [3.63, 3.8) is 0 Å². The number of carbonyl (C=O) groups is 4. The van der Waals surface area contributed by atoms with E-state index >= 15 is 0 Å². The van der Waals surface area contributed by atoms with E-state index in [0.717, 1.165) is 16.3 Å². The monoisotopic (exact) mass is 615 g/mol. The molecule has 4 amide bonds. The van der Waals surface area contributed by atoms with Crippen molar-refractivity contribution in [1.29, 1.82) is 0 Å². The minimum atomic E-state index is -1.27. The van der Waals surface area contributed by atoms with Crippen LogP contribution in [0.4, 0.5) is 4.79 Å². The van der Waals surface area contributed by atoms with Crippen LogP contribution < -0.4 is 16.1 Å². The Balaban J connectivity index is 2.47. The summed E-state index contributed by atoms with van der Waals surface area (Å²) in [4.78, 5) is 54.0. The number of nitrogens with one attached hydrogen (secondary N) is 3. The van der Waals surface area contributed by atoms with Crippen LogP contribution in [0, 0.1) is 0 Å². The van der Waals surface area contributed by atoms with Gasteiger partial charge in [0, 0.05) is 33.4 Å². The number of likely N-dealkylation sites (N-methyl/N-ethyl adjacent to an activating group) is 1. The highest BCUT2D eigenvalue weighted by Gasteiger charge is 2.36. The number of carbonyl (C=O) groups excluding carboxylic acids is 4. The fraction of sp³-hybridized carbons (Fsp3) is 0.562. The highest BCUT2D eigenvalue weighted by molar-refractivity contribution is 5.92. The Morgan fingerprint density at radius 1 is 0.932 bits per heavy atom. The first-order valence-corrected chi connectivity index (χ1v) is 15.1. The number of hydrogen-bond acceptors (Lipinski definition) is 8. The Hall–Kier alpha value is -3.74. The molecule has 0 unspecified atom stereocenters. The summed E-state index contributed by atoms with van der Waals surface area (Å²) in [5.74, 6) is -1.72. The molecular weight excluding hydrogens is 566 g/mol. The molecule has 0 aliphatic carbocycles. The predicted molar refractivity (Wildman–Crippen MR) is 168 cm³/mol. The minimum Gasteiger partial charge on any atom is -0.460 e. The Bertz CT molecular complexity index is 1240. The summed E-state index contributed by atoms with van der Waals surface area (Å²) < 4.78 is 17.3. The molecule has 0 aliphatic heterocycles. The van der Waals surface area contributed by atoms with Gasteiger partial charge in [0.15, 0.2) is 6.29 Å². The molecule has 3 N–H and O–H groups in total. The van der Waals surface area contributed by atoms with Crippen molar-refractivity contribution in [2.45, 2.75) is 85.4 Å². The topological polar surface area (TPSA) is 139 Å². The third-order valence-electron chi connectivity index (χ3n) is 6.49. The van der Waals surface area contributed by atoms with Gasteiger partial charge >= 0.3 is 12.0 Å². The maximum absolute atomic E-state index is 14.4. The van der Waals surface area contributed by atoms with Crippen LogP contribution in [0.25, 0.3) is 10.8 Å². The van der Waals surface area contributed by atoms with Crippen molar-refractivity contribution in [1.82, 2.24) is 26.0 Å². The van der Waals surface area contributed by atoms with E-state index in [2.05, 4.69) is 16.1 Å². The highest BCUT2D eigenvalue weighted by atomic mass is 16.7. The van der Waals surface area contributed by atoms with Gasteiger partial charge in [0.25, 0.3) is 0 Å². The third kappa shape index (κ3) is 11.7. The molecule has 0 fully saturated rings. The quantitative estimate of drug-likeness (QED) is 0.149. The second-order valence-electron chi connectivity index (χ2n) is 11.4. The fourth-order valence-electron chi connectivity index (χ4n) is 4.66. The Morgan fingerprint density at radius 3 is 2.18 bits per heavy atom.